The molecule has 0 fully saturated rings. The smallest absolute Gasteiger partial charge is 0.303 e. The molecule has 0 amide bonds. The minimum atomic E-state index is -0.858. The SMILES string of the molecule is CC(C)n1c(CCC(=O)O)nc2cc(F)ccc21. The summed E-state index contributed by atoms with van der Waals surface area (Å²) in [5.41, 5.74) is 1.41. The number of benzene rings is 1. The molecule has 0 saturated carbocycles. The normalized spacial score (nSPS) is 11.3. The summed E-state index contributed by atoms with van der Waals surface area (Å²) in [6.45, 7) is 3.99. The van der Waals surface area contributed by atoms with E-state index in [1.54, 1.807) is 6.07 Å². The maximum atomic E-state index is 13.1. The third-order valence-corrected chi connectivity index (χ3v) is 2.80. The van der Waals surface area contributed by atoms with E-state index in [9.17, 15) is 9.18 Å². The Labute approximate surface area is 104 Å². The molecule has 0 radical (unpaired) electrons. The topological polar surface area (TPSA) is 55.1 Å². The van der Waals surface area contributed by atoms with E-state index in [4.69, 9.17) is 5.11 Å². The Balaban J connectivity index is 2.50. The van der Waals surface area contributed by atoms with Gasteiger partial charge in [-0.15, -0.1) is 0 Å². The van der Waals surface area contributed by atoms with Crippen molar-refractivity contribution in [1.29, 1.82) is 0 Å². The van der Waals surface area contributed by atoms with Gasteiger partial charge in [-0.2, -0.15) is 0 Å². The van der Waals surface area contributed by atoms with Gasteiger partial charge in [-0.3, -0.25) is 4.79 Å². The van der Waals surface area contributed by atoms with Crippen molar-refractivity contribution in [3.63, 3.8) is 0 Å². The van der Waals surface area contributed by atoms with Crippen LogP contribution in [0.4, 0.5) is 4.39 Å². The van der Waals surface area contributed by atoms with Crippen molar-refractivity contribution < 1.29 is 14.3 Å². The average molecular weight is 250 g/mol. The largest absolute Gasteiger partial charge is 0.481 e. The number of imidazole rings is 1. The number of fused-ring (bicyclic) bond motifs is 1. The Hall–Kier alpha value is -1.91. The first-order valence-electron chi connectivity index (χ1n) is 5.87. The van der Waals surface area contributed by atoms with Gasteiger partial charge in [0.25, 0.3) is 0 Å². The van der Waals surface area contributed by atoms with Crippen LogP contribution in [0, 0.1) is 5.82 Å². The third-order valence-electron chi connectivity index (χ3n) is 2.80. The number of rotatable bonds is 4. The summed E-state index contributed by atoms with van der Waals surface area (Å²) in [7, 11) is 0. The highest BCUT2D eigenvalue weighted by Gasteiger charge is 2.14. The van der Waals surface area contributed by atoms with Crippen LogP contribution in [0.5, 0.6) is 0 Å². The maximum absolute atomic E-state index is 13.1. The van der Waals surface area contributed by atoms with Gasteiger partial charge in [-0.05, 0) is 26.0 Å². The molecule has 2 aromatic rings. The van der Waals surface area contributed by atoms with E-state index in [0.29, 0.717) is 17.8 Å². The van der Waals surface area contributed by atoms with Crippen molar-refractivity contribution in [3.05, 3.63) is 29.8 Å². The van der Waals surface area contributed by atoms with Crippen LogP contribution in [0.15, 0.2) is 18.2 Å². The lowest BCUT2D eigenvalue weighted by molar-refractivity contribution is -0.137. The molecule has 0 aliphatic carbocycles. The van der Waals surface area contributed by atoms with E-state index in [2.05, 4.69) is 4.98 Å². The zero-order chi connectivity index (χ0) is 13.3. The average Bonchev–Trinajstić information content (AvgIpc) is 2.63. The van der Waals surface area contributed by atoms with Crippen molar-refractivity contribution in [2.75, 3.05) is 0 Å². The number of aryl methyl sites for hydroxylation is 1. The molecular formula is C13H15FN2O2. The van der Waals surface area contributed by atoms with Crippen molar-refractivity contribution in [3.8, 4) is 0 Å². The van der Waals surface area contributed by atoms with Crippen LogP contribution >= 0.6 is 0 Å². The first-order chi connectivity index (χ1) is 8.49. The third kappa shape index (κ3) is 2.34. The molecular weight excluding hydrogens is 235 g/mol. The van der Waals surface area contributed by atoms with Crippen molar-refractivity contribution in [1.82, 2.24) is 9.55 Å². The second-order valence-electron chi connectivity index (χ2n) is 4.52. The zero-order valence-electron chi connectivity index (χ0n) is 10.4. The Morgan fingerprint density at radius 3 is 2.83 bits per heavy atom. The molecule has 0 bridgehead atoms. The van der Waals surface area contributed by atoms with E-state index in [-0.39, 0.29) is 18.3 Å². The fourth-order valence-electron chi connectivity index (χ4n) is 2.09. The minimum absolute atomic E-state index is 0.0263. The molecule has 0 aliphatic rings. The molecule has 1 aromatic heterocycles. The van der Waals surface area contributed by atoms with Crippen LogP contribution < -0.4 is 0 Å². The van der Waals surface area contributed by atoms with Gasteiger partial charge >= 0.3 is 5.97 Å². The summed E-state index contributed by atoms with van der Waals surface area (Å²) in [4.78, 5) is 15.0. The molecule has 96 valence electrons. The standard InChI is InChI=1S/C13H15FN2O2/c1-8(2)16-11-4-3-9(14)7-10(11)15-12(16)5-6-13(17)18/h3-4,7-8H,5-6H2,1-2H3,(H,17,18). The summed E-state index contributed by atoms with van der Waals surface area (Å²) in [6.07, 6.45) is 0.377. The molecule has 1 aromatic carbocycles. The molecule has 5 heteroatoms. The predicted octanol–water partition coefficient (Wildman–Crippen LogP) is 2.77. The quantitative estimate of drug-likeness (QED) is 0.907. The predicted molar refractivity (Wildman–Crippen MR) is 66.0 cm³/mol. The van der Waals surface area contributed by atoms with E-state index < -0.39 is 5.97 Å². The van der Waals surface area contributed by atoms with Gasteiger partial charge in [0.2, 0.25) is 0 Å². The molecule has 0 unspecified atom stereocenters. The first-order valence-corrected chi connectivity index (χ1v) is 5.87. The molecule has 0 atom stereocenters. The van der Waals surface area contributed by atoms with Gasteiger partial charge in [0.05, 0.1) is 17.5 Å². The van der Waals surface area contributed by atoms with Crippen molar-refractivity contribution in [2.24, 2.45) is 0 Å². The lowest BCUT2D eigenvalue weighted by Crippen LogP contribution is -2.08. The van der Waals surface area contributed by atoms with Crippen LogP contribution in [0.25, 0.3) is 11.0 Å². The van der Waals surface area contributed by atoms with Crippen molar-refractivity contribution in [2.45, 2.75) is 32.7 Å². The number of carbonyl (C=O) groups is 1. The minimum Gasteiger partial charge on any atom is -0.481 e. The number of nitrogens with zero attached hydrogens (tertiary/aromatic N) is 2. The van der Waals surface area contributed by atoms with Gasteiger partial charge in [-0.25, -0.2) is 9.37 Å². The number of hydrogen-bond acceptors (Lipinski definition) is 2. The highest BCUT2D eigenvalue weighted by atomic mass is 19.1. The summed E-state index contributed by atoms with van der Waals surface area (Å²) in [5.74, 6) is -0.503. The van der Waals surface area contributed by atoms with Crippen molar-refractivity contribution >= 4 is 17.0 Å². The monoisotopic (exact) mass is 250 g/mol. The molecule has 18 heavy (non-hydrogen) atoms. The fourth-order valence-corrected chi connectivity index (χ4v) is 2.09. The number of hydrogen-bond donors (Lipinski definition) is 1. The Morgan fingerprint density at radius 2 is 2.22 bits per heavy atom. The van der Waals surface area contributed by atoms with Crippen LogP contribution in [0.2, 0.25) is 0 Å². The Bertz CT molecular complexity index is 590. The molecule has 0 saturated heterocycles. The summed E-state index contributed by atoms with van der Waals surface area (Å²) < 4.78 is 15.1. The van der Waals surface area contributed by atoms with E-state index in [1.165, 1.54) is 12.1 Å². The second-order valence-corrected chi connectivity index (χ2v) is 4.52. The highest BCUT2D eigenvalue weighted by Crippen LogP contribution is 2.22. The number of aromatic nitrogens is 2. The van der Waals surface area contributed by atoms with Crippen LogP contribution in [-0.4, -0.2) is 20.6 Å². The van der Waals surface area contributed by atoms with Crippen LogP contribution in [0.3, 0.4) is 0 Å². The second kappa shape index (κ2) is 4.76. The molecule has 1 N–H and O–H groups in total. The zero-order valence-corrected chi connectivity index (χ0v) is 10.4. The van der Waals surface area contributed by atoms with Gasteiger partial charge in [-0.1, -0.05) is 0 Å². The molecule has 2 rings (SSSR count). The van der Waals surface area contributed by atoms with Gasteiger partial charge < -0.3 is 9.67 Å². The first kappa shape index (κ1) is 12.5. The van der Waals surface area contributed by atoms with Crippen LogP contribution in [-0.2, 0) is 11.2 Å². The van der Waals surface area contributed by atoms with E-state index in [0.717, 1.165) is 5.52 Å². The van der Waals surface area contributed by atoms with Gasteiger partial charge in [0.15, 0.2) is 0 Å². The number of aliphatic carboxylic acids is 1. The summed E-state index contributed by atoms with van der Waals surface area (Å²) in [6, 6.07) is 4.61. The van der Waals surface area contributed by atoms with E-state index >= 15 is 0 Å². The molecule has 1 heterocycles. The molecule has 4 nitrogen and oxygen atoms in total. The fraction of sp³-hybridized carbons (Fsp3) is 0.385. The van der Waals surface area contributed by atoms with E-state index in [1.807, 2.05) is 18.4 Å². The Morgan fingerprint density at radius 1 is 1.50 bits per heavy atom. The number of carboxylic acid groups (broad SMARTS) is 1. The van der Waals surface area contributed by atoms with Crippen LogP contribution in [0.1, 0.15) is 32.1 Å². The van der Waals surface area contributed by atoms with Gasteiger partial charge in [0.1, 0.15) is 11.6 Å². The lowest BCUT2D eigenvalue weighted by atomic mass is 10.2. The summed E-state index contributed by atoms with van der Waals surface area (Å²) in [5, 5.41) is 8.73. The number of carboxylic acids is 1. The molecule has 0 spiro atoms. The number of halogens is 1. The lowest BCUT2D eigenvalue weighted by Gasteiger charge is -2.12. The summed E-state index contributed by atoms with van der Waals surface area (Å²) >= 11 is 0. The molecule has 0 aliphatic heterocycles. The van der Waals surface area contributed by atoms with Gasteiger partial charge in [0, 0.05) is 18.5 Å². The maximum Gasteiger partial charge on any atom is 0.303 e. The highest BCUT2D eigenvalue weighted by molar-refractivity contribution is 5.76. The Kier molecular flexibility index (Phi) is 3.32.